The molecule has 102 valence electrons. The summed E-state index contributed by atoms with van der Waals surface area (Å²) in [5.74, 6) is -0.497. The summed E-state index contributed by atoms with van der Waals surface area (Å²) < 4.78 is 18.8. The molecule has 0 saturated carbocycles. The number of methoxy groups -OCH3 is 1. The number of nitriles is 1. The molecular weight excluding hydrogens is 247 g/mol. The van der Waals surface area contributed by atoms with Gasteiger partial charge in [-0.25, -0.2) is 4.39 Å². The van der Waals surface area contributed by atoms with Gasteiger partial charge in [-0.15, -0.1) is 0 Å². The summed E-state index contributed by atoms with van der Waals surface area (Å²) in [6.45, 7) is 1.34. The summed E-state index contributed by atoms with van der Waals surface area (Å²) in [5, 5.41) is 18.0. The quantitative estimate of drug-likeness (QED) is 0.890. The SMILES string of the molecule is CO[C@@H]1C[C@@H](CO)N(Cc2ccc(C#N)c(F)c2)C1. The zero-order valence-electron chi connectivity index (χ0n) is 10.8. The average Bonchev–Trinajstić information content (AvgIpc) is 2.81. The molecule has 1 saturated heterocycles. The molecule has 1 fully saturated rings. The molecule has 0 bridgehead atoms. The van der Waals surface area contributed by atoms with Gasteiger partial charge in [-0.05, 0) is 24.1 Å². The number of aliphatic hydroxyl groups excluding tert-OH is 1. The smallest absolute Gasteiger partial charge is 0.141 e. The van der Waals surface area contributed by atoms with Gasteiger partial charge in [0.15, 0.2) is 0 Å². The fourth-order valence-corrected chi connectivity index (χ4v) is 2.47. The molecule has 0 aliphatic carbocycles. The fourth-order valence-electron chi connectivity index (χ4n) is 2.47. The van der Waals surface area contributed by atoms with Crippen LogP contribution in [0.25, 0.3) is 0 Å². The van der Waals surface area contributed by atoms with Crippen LogP contribution in [-0.2, 0) is 11.3 Å². The average molecular weight is 264 g/mol. The monoisotopic (exact) mass is 264 g/mol. The van der Waals surface area contributed by atoms with E-state index in [1.165, 1.54) is 12.1 Å². The second kappa shape index (κ2) is 6.11. The Morgan fingerprint density at radius 1 is 1.58 bits per heavy atom. The van der Waals surface area contributed by atoms with Gasteiger partial charge in [0, 0.05) is 26.2 Å². The van der Waals surface area contributed by atoms with Crippen LogP contribution in [0.4, 0.5) is 4.39 Å². The minimum absolute atomic E-state index is 0.0451. The first-order valence-electron chi connectivity index (χ1n) is 6.24. The highest BCUT2D eigenvalue weighted by Gasteiger charge is 2.31. The van der Waals surface area contributed by atoms with Gasteiger partial charge in [-0.3, -0.25) is 4.90 Å². The molecule has 0 aromatic heterocycles. The number of benzene rings is 1. The Balaban J connectivity index is 2.08. The van der Waals surface area contributed by atoms with Gasteiger partial charge in [0.1, 0.15) is 11.9 Å². The zero-order chi connectivity index (χ0) is 13.8. The number of nitrogens with zero attached hydrogens (tertiary/aromatic N) is 2. The summed E-state index contributed by atoms with van der Waals surface area (Å²) in [7, 11) is 1.66. The van der Waals surface area contributed by atoms with Gasteiger partial charge in [0.05, 0.1) is 18.3 Å². The molecule has 1 aromatic rings. The number of rotatable bonds is 4. The van der Waals surface area contributed by atoms with E-state index in [1.54, 1.807) is 19.2 Å². The van der Waals surface area contributed by atoms with Crippen molar-refractivity contribution in [2.45, 2.75) is 25.1 Å². The topological polar surface area (TPSA) is 56.5 Å². The molecule has 1 aromatic carbocycles. The largest absolute Gasteiger partial charge is 0.395 e. The molecule has 4 nitrogen and oxygen atoms in total. The van der Waals surface area contributed by atoms with Gasteiger partial charge >= 0.3 is 0 Å². The van der Waals surface area contributed by atoms with E-state index < -0.39 is 5.82 Å². The lowest BCUT2D eigenvalue weighted by Crippen LogP contribution is -2.32. The first-order valence-corrected chi connectivity index (χ1v) is 6.24. The van der Waals surface area contributed by atoms with Crippen molar-refractivity contribution in [3.8, 4) is 6.07 Å². The van der Waals surface area contributed by atoms with Crippen molar-refractivity contribution in [3.63, 3.8) is 0 Å². The van der Waals surface area contributed by atoms with E-state index in [2.05, 4.69) is 4.90 Å². The molecule has 1 aliphatic rings. The lowest BCUT2D eigenvalue weighted by atomic mass is 10.1. The van der Waals surface area contributed by atoms with E-state index in [0.717, 1.165) is 18.5 Å². The molecule has 0 unspecified atom stereocenters. The van der Waals surface area contributed by atoms with Gasteiger partial charge in [0.25, 0.3) is 0 Å². The molecule has 0 radical (unpaired) electrons. The van der Waals surface area contributed by atoms with Crippen LogP contribution in [0, 0.1) is 17.1 Å². The zero-order valence-corrected chi connectivity index (χ0v) is 10.8. The minimum atomic E-state index is -0.497. The third kappa shape index (κ3) is 3.10. The maximum Gasteiger partial charge on any atom is 0.141 e. The Hall–Kier alpha value is -1.48. The van der Waals surface area contributed by atoms with Crippen molar-refractivity contribution in [2.75, 3.05) is 20.3 Å². The van der Waals surface area contributed by atoms with E-state index in [1.807, 2.05) is 0 Å². The van der Waals surface area contributed by atoms with Crippen LogP contribution in [0.2, 0.25) is 0 Å². The molecule has 2 atom stereocenters. The molecular formula is C14H17FN2O2. The van der Waals surface area contributed by atoms with Crippen LogP contribution in [0.15, 0.2) is 18.2 Å². The van der Waals surface area contributed by atoms with Crippen LogP contribution in [0.3, 0.4) is 0 Å². The molecule has 0 spiro atoms. The summed E-state index contributed by atoms with van der Waals surface area (Å²) in [5.41, 5.74) is 0.852. The first-order chi connectivity index (χ1) is 9.17. The predicted octanol–water partition coefficient (Wildman–Crippen LogP) is 1.28. The van der Waals surface area contributed by atoms with Crippen molar-refractivity contribution in [3.05, 3.63) is 35.1 Å². The number of halogens is 1. The van der Waals surface area contributed by atoms with Crippen LogP contribution < -0.4 is 0 Å². The van der Waals surface area contributed by atoms with E-state index in [9.17, 15) is 9.50 Å². The van der Waals surface area contributed by atoms with Crippen molar-refractivity contribution in [1.29, 1.82) is 5.26 Å². The van der Waals surface area contributed by atoms with E-state index in [-0.39, 0.29) is 24.3 Å². The number of hydrogen-bond acceptors (Lipinski definition) is 4. The van der Waals surface area contributed by atoms with Gasteiger partial charge in [-0.2, -0.15) is 5.26 Å². The maximum atomic E-state index is 13.5. The van der Waals surface area contributed by atoms with Crippen molar-refractivity contribution < 1.29 is 14.2 Å². The summed E-state index contributed by atoms with van der Waals surface area (Å²) >= 11 is 0. The normalized spacial score (nSPS) is 23.5. The van der Waals surface area contributed by atoms with Crippen molar-refractivity contribution >= 4 is 0 Å². The Kier molecular flexibility index (Phi) is 4.48. The first kappa shape index (κ1) is 13.9. The molecule has 1 heterocycles. The van der Waals surface area contributed by atoms with E-state index >= 15 is 0 Å². The number of hydrogen-bond donors (Lipinski definition) is 1. The Morgan fingerprint density at radius 2 is 2.37 bits per heavy atom. The van der Waals surface area contributed by atoms with Gasteiger partial charge in [0.2, 0.25) is 0 Å². The molecule has 2 rings (SSSR count). The Morgan fingerprint density at radius 3 is 2.95 bits per heavy atom. The second-order valence-corrected chi connectivity index (χ2v) is 4.79. The number of aliphatic hydroxyl groups is 1. The van der Waals surface area contributed by atoms with E-state index in [4.69, 9.17) is 10.00 Å². The summed E-state index contributed by atoms with van der Waals surface area (Å²) in [4.78, 5) is 2.08. The highest BCUT2D eigenvalue weighted by Crippen LogP contribution is 2.22. The van der Waals surface area contributed by atoms with Crippen LogP contribution in [0.1, 0.15) is 17.5 Å². The second-order valence-electron chi connectivity index (χ2n) is 4.79. The molecule has 1 N–H and O–H groups in total. The van der Waals surface area contributed by atoms with Crippen molar-refractivity contribution in [1.82, 2.24) is 4.90 Å². The number of ether oxygens (including phenoxy) is 1. The lowest BCUT2D eigenvalue weighted by molar-refractivity contribution is 0.107. The highest BCUT2D eigenvalue weighted by molar-refractivity contribution is 5.33. The standard InChI is InChI=1S/C14H17FN2O2/c1-19-13-5-12(9-18)17(8-13)7-10-2-3-11(6-16)14(15)4-10/h2-4,12-13,18H,5,7-9H2,1H3/t12-,13+/m0/s1. The van der Waals surface area contributed by atoms with Crippen LogP contribution in [-0.4, -0.2) is 42.4 Å². The molecule has 5 heteroatoms. The lowest BCUT2D eigenvalue weighted by Gasteiger charge is -2.22. The minimum Gasteiger partial charge on any atom is -0.395 e. The third-order valence-corrected chi connectivity index (χ3v) is 3.57. The highest BCUT2D eigenvalue weighted by atomic mass is 19.1. The van der Waals surface area contributed by atoms with Crippen molar-refractivity contribution in [2.24, 2.45) is 0 Å². The molecule has 19 heavy (non-hydrogen) atoms. The third-order valence-electron chi connectivity index (χ3n) is 3.57. The van der Waals surface area contributed by atoms with Gasteiger partial charge in [-0.1, -0.05) is 6.07 Å². The van der Waals surface area contributed by atoms with Crippen LogP contribution >= 0.6 is 0 Å². The maximum absolute atomic E-state index is 13.5. The van der Waals surface area contributed by atoms with E-state index in [0.29, 0.717) is 6.54 Å². The van der Waals surface area contributed by atoms with Crippen LogP contribution in [0.5, 0.6) is 0 Å². The number of likely N-dealkylation sites (tertiary alicyclic amines) is 1. The Bertz CT molecular complexity index is 487. The van der Waals surface area contributed by atoms with Gasteiger partial charge < -0.3 is 9.84 Å². The summed E-state index contributed by atoms with van der Waals surface area (Å²) in [6, 6.07) is 6.47. The summed E-state index contributed by atoms with van der Waals surface area (Å²) in [6.07, 6.45) is 0.895. The fraction of sp³-hybridized carbons (Fsp3) is 0.500. The molecule has 1 aliphatic heterocycles. The predicted molar refractivity (Wildman–Crippen MR) is 67.8 cm³/mol. The Labute approximate surface area is 112 Å². The molecule has 0 amide bonds.